The van der Waals surface area contributed by atoms with Crippen LogP contribution in [0.2, 0.25) is 0 Å². The van der Waals surface area contributed by atoms with Gasteiger partial charge in [0.25, 0.3) is 0 Å². The molecular weight excluding hydrogens is 316 g/mol. The molecule has 5 nitrogen and oxygen atoms in total. The Hall–Kier alpha value is -2.95. The molecular formula is C20H22N2O3. The van der Waals surface area contributed by atoms with E-state index in [0.29, 0.717) is 18.0 Å². The maximum Gasteiger partial charge on any atom is 0.161 e. The van der Waals surface area contributed by atoms with Crippen molar-refractivity contribution in [2.45, 2.75) is 20.4 Å². The molecule has 3 aromatic rings. The molecule has 0 radical (unpaired) electrons. The van der Waals surface area contributed by atoms with E-state index >= 15 is 0 Å². The van der Waals surface area contributed by atoms with Crippen LogP contribution in [-0.4, -0.2) is 20.4 Å². The molecule has 1 aromatic heterocycles. The van der Waals surface area contributed by atoms with Crippen LogP contribution < -0.4 is 14.9 Å². The topological polar surface area (TPSA) is 56.0 Å². The van der Waals surface area contributed by atoms with E-state index in [9.17, 15) is 0 Å². The van der Waals surface area contributed by atoms with Gasteiger partial charge in [0.05, 0.1) is 27.0 Å². The van der Waals surface area contributed by atoms with Gasteiger partial charge in [0.2, 0.25) is 0 Å². The number of hydrogen-bond donors (Lipinski definition) is 1. The Morgan fingerprint density at radius 1 is 1.04 bits per heavy atom. The van der Waals surface area contributed by atoms with Crippen LogP contribution in [-0.2, 0) is 6.54 Å². The number of ether oxygens (including phenoxy) is 2. The average Bonchev–Trinajstić information content (AvgIpc) is 2.93. The van der Waals surface area contributed by atoms with Gasteiger partial charge in [0.15, 0.2) is 17.3 Å². The molecule has 0 aliphatic heterocycles. The third-order valence-corrected chi connectivity index (χ3v) is 4.13. The SMILES string of the molecule is COc1ccc(CN/N=C/c2oc3cc(C)ccc3c2C)cc1OC. The fourth-order valence-electron chi connectivity index (χ4n) is 2.71. The maximum atomic E-state index is 5.87. The highest BCUT2D eigenvalue weighted by atomic mass is 16.5. The number of methoxy groups -OCH3 is 2. The third kappa shape index (κ3) is 3.60. The monoisotopic (exact) mass is 338 g/mol. The molecule has 130 valence electrons. The van der Waals surface area contributed by atoms with Crippen molar-refractivity contribution in [3.63, 3.8) is 0 Å². The van der Waals surface area contributed by atoms with Crippen LogP contribution in [0, 0.1) is 13.8 Å². The summed E-state index contributed by atoms with van der Waals surface area (Å²) in [6.45, 7) is 4.67. The van der Waals surface area contributed by atoms with E-state index in [1.165, 1.54) is 5.56 Å². The van der Waals surface area contributed by atoms with E-state index < -0.39 is 0 Å². The number of nitrogens with zero attached hydrogens (tertiary/aromatic N) is 1. The van der Waals surface area contributed by atoms with Crippen LogP contribution in [0.5, 0.6) is 11.5 Å². The first-order valence-corrected chi connectivity index (χ1v) is 8.09. The van der Waals surface area contributed by atoms with Crippen molar-refractivity contribution in [2.24, 2.45) is 5.10 Å². The van der Waals surface area contributed by atoms with Gasteiger partial charge in [-0.05, 0) is 43.2 Å². The van der Waals surface area contributed by atoms with Crippen LogP contribution >= 0.6 is 0 Å². The van der Waals surface area contributed by atoms with Crippen molar-refractivity contribution in [3.8, 4) is 11.5 Å². The fourth-order valence-corrected chi connectivity index (χ4v) is 2.71. The van der Waals surface area contributed by atoms with Gasteiger partial charge in [0.1, 0.15) is 5.58 Å². The zero-order valence-electron chi connectivity index (χ0n) is 14.9. The van der Waals surface area contributed by atoms with Crippen molar-refractivity contribution >= 4 is 17.2 Å². The Bertz CT molecular complexity index is 913. The number of fused-ring (bicyclic) bond motifs is 1. The van der Waals surface area contributed by atoms with Crippen molar-refractivity contribution < 1.29 is 13.9 Å². The van der Waals surface area contributed by atoms with Crippen LogP contribution in [0.3, 0.4) is 0 Å². The Morgan fingerprint density at radius 2 is 1.84 bits per heavy atom. The summed E-state index contributed by atoms with van der Waals surface area (Å²) in [6, 6.07) is 12.0. The number of hydrogen-bond acceptors (Lipinski definition) is 5. The molecule has 0 atom stereocenters. The van der Waals surface area contributed by atoms with E-state index in [4.69, 9.17) is 13.9 Å². The Morgan fingerprint density at radius 3 is 2.60 bits per heavy atom. The molecule has 1 heterocycles. The molecule has 0 unspecified atom stereocenters. The minimum atomic E-state index is 0.579. The minimum Gasteiger partial charge on any atom is -0.493 e. The second kappa shape index (κ2) is 7.30. The van der Waals surface area contributed by atoms with E-state index in [1.807, 2.05) is 31.2 Å². The lowest BCUT2D eigenvalue weighted by atomic mass is 10.1. The van der Waals surface area contributed by atoms with E-state index in [1.54, 1.807) is 20.4 Å². The normalized spacial score (nSPS) is 11.2. The summed E-state index contributed by atoms with van der Waals surface area (Å²) in [5.74, 6) is 2.18. The molecule has 0 bridgehead atoms. The van der Waals surface area contributed by atoms with Crippen LogP contribution in [0.25, 0.3) is 11.0 Å². The molecule has 25 heavy (non-hydrogen) atoms. The molecule has 0 saturated carbocycles. The molecule has 0 spiro atoms. The first kappa shape index (κ1) is 16.9. The smallest absolute Gasteiger partial charge is 0.161 e. The average molecular weight is 338 g/mol. The minimum absolute atomic E-state index is 0.579. The molecule has 0 amide bonds. The summed E-state index contributed by atoms with van der Waals surface area (Å²) in [5.41, 5.74) is 7.24. The van der Waals surface area contributed by atoms with Gasteiger partial charge in [-0.15, -0.1) is 0 Å². The van der Waals surface area contributed by atoms with Gasteiger partial charge in [-0.25, -0.2) is 0 Å². The lowest BCUT2D eigenvalue weighted by Crippen LogP contribution is -2.06. The van der Waals surface area contributed by atoms with Crippen LogP contribution in [0.1, 0.15) is 22.5 Å². The number of nitrogens with one attached hydrogen (secondary N) is 1. The first-order chi connectivity index (χ1) is 12.1. The molecule has 5 heteroatoms. The largest absolute Gasteiger partial charge is 0.493 e. The lowest BCUT2D eigenvalue weighted by Gasteiger charge is -2.09. The van der Waals surface area contributed by atoms with Gasteiger partial charge < -0.3 is 19.3 Å². The fraction of sp³-hybridized carbons (Fsp3) is 0.250. The van der Waals surface area contributed by atoms with Crippen LogP contribution in [0.15, 0.2) is 45.9 Å². The van der Waals surface area contributed by atoms with Crippen molar-refractivity contribution in [1.29, 1.82) is 0 Å². The Balaban J connectivity index is 1.69. The molecule has 0 fully saturated rings. The van der Waals surface area contributed by atoms with Crippen molar-refractivity contribution in [1.82, 2.24) is 5.43 Å². The van der Waals surface area contributed by atoms with Gasteiger partial charge >= 0.3 is 0 Å². The predicted molar refractivity (Wildman–Crippen MR) is 99.7 cm³/mol. The molecule has 0 aliphatic carbocycles. The van der Waals surface area contributed by atoms with Crippen LogP contribution in [0.4, 0.5) is 0 Å². The highest BCUT2D eigenvalue weighted by Gasteiger charge is 2.08. The quantitative estimate of drug-likeness (QED) is 0.541. The van der Waals surface area contributed by atoms with E-state index in [-0.39, 0.29) is 0 Å². The van der Waals surface area contributed by atoms with Crippen molar-refractivity contribution in [2.75, 3.05) is 14.2 Å². The summed E-state index contributed by atoms with van der Waals surface area (Å²) in [6.07, 6.45) is 1.71. The highest BCUT2D eigenvalue weighted by Crippen LogP contribution is 2.27. The zero-order valence-corrected chi connectivity index (χ0v) is 14.9. The molecule has 0 saturated heterocycles. The van der Waals surface area contributed by atoms with E-state index in [2.05, 4.69) is 29.6 Å². The predicted octanol–water partition coefficient (Wildman–Crippen LogP) is 4.19. The summed E-state index contributed by atoms with van der Waals surface area (Å²) >= 11 is 0. The molecule has 3 rings (SSSR count). The van der Waals surface area contributed by atoms with Crippen molar-refractivity contribution in [3.05, 3.63) is 58.8 Å². The number of furan rings is 1. The molecule has 1 N–H and O–H groups in total. The standard InChI is InChI=1S/C20H22N2O3/c1-13-5-7-16-14(2)20(25-18(16)9-13)12-22-21-11-15-6-8-17(23-3)19(10-15)24-4/h5-10,12,21H,11H2,1-4H3/b22-12+. The first-order valence-electron chi connectivity index (χ1n) is 8.09. The molecule has 2 aromatic carbocycles. The highest BCUT2D eigenvalue weighted by molar-refractivity contribution is 5.91. The van der Waals surface area contributed by atoms with Gasteiger partial charge in [0, 0.05) is 10.9 Å². The van der Waals surface area contributed by atoms with E-state index in [0.717, 1.165) is 27.9 Å². The Kier molecular flexibility index (Phi) is 4.93. The third-order valence-electron chi connectivity index (χ3n) is 4.13. The number of rotatable bonds is 6. The van der Waals surface area contributed by atoms with Gasteiger partial charge in [-0.1, -0.05) is 18.2 Å². The van der Waals surface area contributed by atoms with Gasteiger partial charge in [-0.3, -0.25) is 0 Å². The summed E-state index contributed by atoms with van der Waals surface area (Å²) < 4.78 is 16.4. The number of benzene rings is 2. The lowest BCUT2D eigenvalue weighted by molar-refractivity contribution is 0.354. The molecule has 0 aliphatic rings. The zero-order chi connectivity index (χ0) is 17.8. The summed E-state index contributed by atoms with van der Waals surface area (Å²) in [5, 5.41) is 5.39. The second-order valence-corrected chi connectivity index (χ2v) is 5.87. The number of aryl methyl sites for hydroxylation is 2. The summed E-state index contributed by atoms with van der Waals surface area (Å²) in [4.78, 5) is 0. The summed E-state index contributed by atoms with van der Waals surface area (Å²) in [7, 11) is 3.25. The van der Waals surface area contributed by atoms with Gasteiger partial charge in [-0.2, -0.15) is 5.10 Å². The Labute approximate surface area is 147 Å². The second-order valence-electron chi connectivity index (χ2n) is 5.87. The number of hydrazone groups is 1. The maximum absolute atomic E-state index is 5.87.